The van der Waals surface area contributed by atoms with E-state index in [4.69, 9.17) is 17.4 Å². The maximum Gasteiger partial charge on any atom is 0.310 e. The van der Waals surface area contributed by atoms with Crippen molar-refractivity contribution in [3.8, 4) is 0 Å². The highest BCUT2D eigenvalue weighted by molar-refractivity contribution is 5.93. The zero-order valence-corrected chi connectivity index (χ0v) is 9.06. The predicted octanol–water partition coefficient (Wildman–Crippen LogP) is 1.03. The number of ketones is 1. The number of aliphatic carboxylic acids is 1. The molecule has 0 aromatic rings. The van der Waals surface area contributed by atoms with Gasteiger partial charge < -0.3 is 9.84 Å². The van der Waals surface area contributed by atoms with Crippen LogP contribution in [0, 0.1) is 0 Å². The molecule has 0 fully saturated rings. The SMILES string of the molecule is CC.O=COC=O.[3H]C.[3H]CC(=O)CC(=O)O. The molecule has 0 spiro atoms. The van der Waals surface area contributed by atoms with Gasteiger partial charge in [-0.3, -0.25) is 19.2 Å². The van der Waals surface area contributed by atoms with Crippen LogP contribution in [0.15, 0.2) is 0 Å². The van der Waals surface area contributed by atoms with Crippen molar-refractivity contribution in [2.75, 3.05) is 0 Å². The van der Waals surface area contributed by atoms with Crippen molar-refractivity contribution in [1.82, 2.24) is 0 Å². The lowest BCUT2D eigenvalue weighted by Gasteiger charge is -1.80. The van der Waals surface area contributed by atoms with Crippen LogP contribution in [0.5, 0.6) is 0 Å². The quantitative estimate of drug-likeness (QED) is 0.567. The molecule has 0 unspecified atom stereocenters. The highest BCUT2D eigenvalue weighted by Gasteiger charge is 1.98. The number of Topliss-reactive ketones (excluding diaryl/α,β-unsaturated/α-hetero) is 1. The third kappa shape index (κ3) is 70.8. The molecule has 0 heterocycles. The third-order valence-electron chi connectivity index (χ3n) is 0.460. The summed E-state index contributed by atoms with van der Waals surface area (Å²) in [4.78, 5) is 37.6. The molecule has 0 rings (SSSR count). The maximum atomic E-state index is 10.1. The van der Waals surface area contributed by atoms with Crippen molar-refractivity contribution in [2.45, 2.75) is 34.6 Å². The molecule has 90 valence electrons. The van der Waals surface area contributed by atoms with Gasteiger partial charge in [-0.25, -0.2) is 0 Å². The van der Waals surface area contributed by atoms with Gasteiger partial charge in [0.15, 0.2) is 0 Å². The Morgan fingerprint density at radius 3 is 1.87 bits per heavy atom. The Labute approximate surface area is 92.0 Å². The maximum absolute atomic E-state index is 10.1. The van der Waals surface area contributed by atoms with Gasteiger partial charge in [0, 0.05) is 2.74 Å². The van der Waals surface area contributed by atoms with Crippen LogP contribution in [0.25, 0.3) is 0 Å². The molecule has 6 heteroatoms. The summed E-state index contributed by atoms with van der Waals surface area (Å²) in [7, 11) is 1.25. The molecule has 0 aliphatic heterocycles. The average Bonchev–Trinajstić information content (AvgIpc) is 2.35. The van der Waals surface area contributed by atoms with Crippen LogP contribution in [0.2, 0.25) is 0 Å². The highest BCUT2D eigenvalue weighted by atomic mass is 16.6. The number of hydrogen-bond acceptors (Lipinski definition) is 5. The van der Waals surface area contributed by atoms with E-state index in [2.05, 4.69) is 4.74 Å². The van der Waals surface area contributed by atoms with Crippen LogP contribution in [0.4, 0.5) is 0 Å². The number of hydrogen-bond donors (Lipinski definition) is 1. The summed E-state index contributed by atoms with van der Waals surface area (Å²) < 4.78 is 15.6. The summed E-state index contributed by atoms with van der Waals surface area (Å²) in [5.74, 6) is -1.72. The molecule has 0 aromatic heterocycles. The molecule has 0 aromatic carbocycles. The van der Waals surface area contributed by atoms with E-state index < -0.39 is 25.1 Å². The summed E-state index contributed by atoms with van der Waals surface area (Å²) >= 11 is 0. The number of carbonyl (C=O) groups excluding carboxylic acids is 3. The van der Waals surface area contributed by atoms with Gasteiger partial charge in [-0.05, 0) is 6.90 Å². The summed E-state index contributed by atoms with van der Waals surface area (Å²) in [5.41, 5.74) is 0. The van der Waals surface area contributed by atoms with Gasteiger partial charge in [-0.2, -0.15) is 0 Å². The summed E-state index contributed by atoms with van der Waals surface area (Å²) in [6.07, 6.45) is -0.524. The van der Waals surface area contributed by atoms with Crippen LogP contribution in [-0.2, 0) is 23.9 Å². The van der Waals surface area contributed by atoms with Crippen molar-refractivity contribution in [2.24, 2.45) is 0 Å². The number of carboxylic acid groups (broad SMARTS) is 1. The Morgan fingerprint density at radius 1 is 1.40 bits per heavy atom. The predicted molar refractivity (Wildman–Crippen MR) is 54.2 cm³/mol. The Bertz CT molecular complexity index is 190. The van der Waals surface area contributed by atoms with E-state index in [9.17, 15) is 9.59 Å². The first-order valence-electron chi connectivity index (χ1n) is 5.34. The zero-order valence-electron chi connectivity index (χ0n) is 11.1. The Morgan fingerprint density at radius 2 is 1.80 bits per heavy atom. The van der Waals surface area contributed by atoms with E-state index in [0.29, 0.717) is 0 Å². The summed E-state index contributed by atoms with van der Waals surface area (Å²) in [6, 6.07) is 0. The van der Waals surface area contributed by atoms with E-state index in [1.807, 2.05) is 13.8 Å². The van der Waals surface area contributed by atoms with Crippen LogP contribution >= 0.6 is 0 Å². The lowest BCUT2D eigenvalue weighted by molar-refractivity contribution is -0.142. The van der Waals surface area contributed by atoms with Crippen LogP contribution in [0.3, 0.4) is 0 Å². The molecule has 0 saturated carbocycles. The minimum atomic E-state index is -1.16. The number of carbonyl (C=O) groups is 4. The van der Waals surface area contributed by atoms with E-state index in [0.717, 1.165) is 0 Å². The van der Waals surface area contributed by atoms with Gasteiger partial charge in [0.1, 0.15) is 12.2 Å². The Balaban J connectivity index is -0.0000000809. The first-order chi connectivity index (χ1) is 8.08. The molecule has 0 bridgehead atoms. The molecular formula is C9H18O6. The van der Waals surface area contributed by atoms with Gasteiger partial charge in [0.2, 0.25) is 0 Å². The van der Waals surface area contributed by atoms with Gasteiger partial charge in [-0.1, -0.05) is 21.3 Å². The molecule has 0 atom stereocenters. The lowest BCUT2D eigenvalue weighted by Crippen LogP contribution is -2.00. The fourth-order valence-corrected chi connectivity index (χ4v) is 0.191. The number of rotatable bonds is 4. The molecular weight excluding hydrogens is 204 g/mol. The lowest BCUT2D eigenvalue weighted by atomic mass is 10.3. The Hall–Kier alpha value is -1.72. The highest BCUT2D eigenvalue weighted by Crippen LogP contribution is 1.77. The van der Waals surface area contributed by atoms with E-state index in [1.54, 1.807) is 0 Å². The second kappa shape index (κ2) is 22.8. The molecule has 0 saturated heterocycles. The molecule has 6 nitrogen and oxygen atoms in total. The zero-order chi connectivity index (χ0) is 14.7. The average molecular weight is 226 g/mol. The molecule has 0 aliphatic rings. The standard InChI is InChI=1S/C4H6O3.C2H2O3.C2H6.CH4/c1-3(5)2-4(6)7;3-1-5-2-4;1-2;/h2H2,1H3,(H,6,7);1-2H;1-2H3;1H4/i1T;;;1T. The largest absolute Gasteiger partial charge is 0.481 e. The van der Waals surface area contributed by atoms with Gasteiger partial charge in [0.05, 0.1) is 0 Å². The van der Waals surface area contributed by atoms with Gasteiger partial charge >= 0.3 is 18.9 Å². The van der Waals surface area contributed by atoms with Crippen molar-refractivity contribution >= 4 is 24.7 Å². The first-order valence-corrected chi connectivity index (χ1v) is 3.64. The van der Waals surface area contributed by atoms with E-state index >= 15 is 0 Å². The van der Waals surface area contributed by atoms with Gasteiger partial charge in [0.25, 0.3) is 0 Å². The minimum Gasteiger partial charge on any atom is -0.481 e. The normalized spacial score (nSPS) is 7.40. The topological polar surface area (TPSA) is 97.7 Å². The summed E-state index contributed by atoms with van der Waals surface area (Å²) in [6.45, 7) is 3.69. The van der Waals surface area contributed by atoms with E-state index in [-0.39, 0.29) is 12.9 Å². The Kier molecular flexibility index (Phi) is 23.9. The smallest absolute Gasteiger partial charge is 0.310 e. The molecule has 15 heavy (non-hydrogen) atoms. The molecule has 1 N–H and O–H groups in total. The van der Waals surface area contributed by atoms with Gasteiger partial charge in [-0.15, -0.1) is 0 Å². The number of ether oxygens (including phenoxy) is 1. The van der Waals surface area contributed by atoms with E-state index in [1.165, 1.54) is 7.40 Å². The molecule has 0 radical (unpaired) electrons. The van der Waals surface area contributed by atoms with Crippen molar-refractivity contribution in [1.29, 1.82) is 0 Å². The monoisotopic (exact) mass is 226 g/mol. The van der Waals surface area contributed by atoms with Crippen molar-refractivity contribution in [3.63, 3.8) is 0 Å². The third-order valence-corrected chi connectivity index (χ3v) is 0.460. The van der Waals surface area contributed by atoms with Crippen LogP contribution in [0.1, 0.15) is 37.3 Å². The second-order valence-electron chi connectivity index (χ2n) is 1.44. The number of carboxylic acids is 1. The van der Waals surface area contributed by atoms with Crippen LogP contribution < -0.4 is 0 Å². The minimum absolute atomic E-state index is 0.0625. The van der Waals surface area contributed by atoms with Crippen molar-refractivity contribution < 1.29 is 31.8 Å². The molecule has 0 aliphatic carbocycles. The molecule has 0 amide bonds. The first kappa shape index (κ1) is 15.7. The van der Waals surface area contributed by atoms with Crippen molar-refractivity contribution in [3.05, 3.63) is 0 Å². The summed E-state index contributed by atoms with van der Waals surface area (Å²) in [5, 5.41) is 7.91. The fraction of sp³-hybridized carbons (Fsp3) is 0.556. The van der Waals surface area contributed by atoms with Crippen LogP contribution in [-0.4, -0.2) is 29.8 Å². The second-order valence-corrected chi connectivity index (χ2v) is 1.44. The fourth-order valence-electron chi connectivity index (χ4n) is 0.191.